The van der Waals surface area contributed by atoms with Gasteiger partial charge in [-0.2, -0.15) is 0 Å². The fourth-order valence-electron chi connectivity index (χ4n) is 3.39. The third-order valence-corrected chi connectivity index (χ3v) is 5.44. The summed E-state index contributed by atoms with van der Waals surface area (Å²) >= 11 is 3.33. The molecule has 0 atom stereocenters. The van der Waals surface area contributed by atoms with Gasteiger partial charge in [0.05, 0.1) is 12.8 Å². The molecule has 1 fully saturated rings. The first-order valence-electron chi connectivity index (χ1n) is 9.39. The number of anilines is 1. The maximum Gasteiger partial charge on any atom is 0.335 e. The van der Waals surface area contributed by atoms with Gasteiger partial charge in [-0.05, 0) is 73.7 Å². The van der Waals surface area contributed by atoms with Crippen LogP contribution in [-0.4, -0.2) is 29.5 Å². The van der Waals surface area contributed by atoms with Crippen LogP contribution in [0.1, 0.15) is 11.4 Å². The molecule has 0 unspecified atom stereocenters. The van der Waals surface area contributed by atoms with E-state index < -0.39 is 17.8 Å². The Morgan fingerprint density at radius 3 is 2.19 bits per heavy atom. The number of rotatable bonds is 4. The molecule has 3 aromatic rings. The summed E-state index contributed by atoms with van der Waals surface area (Å²) in [7, 11) is 1.59. The number of barbiturate groups is 1. The van der Waals surface area contributed by atoms with E-state index in [1.54, 1.807) is 31.4 Å². The van der Waals surface area contributed by atoms with Crippen LogP contribution in [0.4, 0.5) is 10.5 Å². The van der Waals surface area contributed by atoms with Crippen LogP contribution in [0.25, 0.3) is 11.8 Å². The zero-order chi connectivity index (χ0) is 22.1. The molecule has 156 valence electrons. The lowest BCUT2D eigenvalue weighted by Crippen LogP contribution is -2.54. The first-order chi connectivity index (χ1) is 14.9. The van der Waals surface area contributed by atoms with Crippen molar-refractivity contribution in [3.05, 3.63) is 82.1 Å². The van der Waals surface area contributed by atoms with Crippen molar-refractivity contribution in [2.24, 2.45) is 0 Å². The van der Waals surface area contributed by atoms with E-state index in [4.69, 9.17) is 4.74 Å². The molecule has 0 aliphatic carbocycles. The van der Waals surface area contributed by atoms with Gasteiger partial charge in [0.15, 0.2) is 0 Å². The quantitative estimate of drug-likeness (QED) is 0.448. The largest absolute Gasteiger partial charge is 0.497 e. The van der Waals surface area contributed by atoms with E-state index in [0.29, 0.717) is 11.4 Å². The number of carbonyl (C=O) groups is 3. The number of benzene rings is 2. The van der Waals surface area contributed by atoms with Gasteiger partial charge in [0.2, 0.25) is 0 Å². The van der Waals surface area contributed by atoms with Gasteiger partial charge >= 0.3 is 6.03 Å². The van der Waals surface area contributed by atoms with Gasteiger partial charge in [0.1, 0.15) is 11.3 Å². The highest BCUT2D eigenvalue weighted by Gasteiger charge is 2.37. The minimum absolute atomic E-state index is 0.129. The van der Waals surface area contributed by atoms with Gasteiger partial charge in [0, 0.05) is 21.5 Å². The summed E-state index contributed by atoms with van der Waals surface area (Å²) in [5.74, 6) is -0.696. The molecule has 1 aromatic heterocycles. The predicted molar refractivity (Wildman–Crippen MR) is 120 cm³/mol. The highest BCUT2D eigenvalue weighted by Crippen LogP contribution is 2.26. The molecular weight excluding hydrogens is 462 g/mol. The Kier molecular flexibility index (Phi) is 5.48. The lowest BCUT2D eigenvalue weighted by atomic mass is 10.1. The molecule has 2 heterocycles. The molecule has 7 nitrogen and oxygen atoms in total. The topological polar surface area (TPSA) is 80.6 Å². The fraction of sp³-hybridized carbons (Fsp3) is 0.0870. The number of methoxy groups -OCH3 is 1. The number of nitrogens with one attached hydrogen (secondary N) is 1. The number of aryl methyl sites for hydroxylation is 1. The van der Waals surface area contributed by atoms with E-state index in [-0.39, 0.29) is 5.57 Å². The average molecular weight is 480 g/mol. The molecule has 4 amide bonds. The number of hydrogen-bond donors (Lipinski definition) is 1. The van der Waals surface area contributed by atoms with Gasteiger partial charge < -0.3 is 9.30 Å². The molecule has 0 radical (unpaired) electrons. The zero-order valence-corrected chi connectivity index (χ0v) is 18.3. The van der Waals surface area contributed by atoms with Crippen LogP contribution in [0.15, 0.2) is 70.7 Å². The molecule has 1 saturated heterocycles. The molecule has 1 N–H and O–H groups in total. The molecule has 4 rings (SSSR count). The number of amides is 4. The molecule has 0 bridgehead atoms. The van der Waals surface area contributed by atoms with E-state index in [9.17, 15) is 14.4 Å². The summed E-state index contributed by atoms with van der Waals surface area (Å²) in [6.45, 7) is 1.92. The van der Waals surface area contributed by atoms with Crippen molar-refractivity contribution in [1.82, 2.24) is 9.88 Å². The molecule has 1 aliphatic heterocycles. The normalized spacial score (nSPS) is 15.4. The number of nitrogens with zero attached hydrogens (tertiary/aromatic N) is 2. The highest BCUT2D eigenvalue weighted by atomic mass is 79.9. The highest BCUT2D eigenvalue weighted by molar-refractivity contribution is 9.10. The number of hydrogen-bond acceptors (Lipinski definition) is 4. The van der Waals surface area contributed by atoms with Crippen LogP contribution in [0.2, 0.25) is 0 Å². The van der Waals surface area contributed by atoms with E-state index in [0.717, 1.165) is 26.5 Å². The average Bonchev–Trinajstić information content (AvgIpc) is 3.12. The smallest absolute Gasteiger partial charge is 0.335 e. The van der Waals surface area contributed by atoms with E-state index in [1.165, 1.54) is 6.08 Å². The molecule has 0 spiro atoms. The Labute approximate surface area is 187 Å². The summed E-state index contributed by atoms with van der Waals surface area (Å²) in [6, 6.07) is 17.0. The summed E-state index contributed by atoms with van der Waals surface area (Å²) in [6.07, 6.45) is 1.49. The number of aromatic nitrogens is 1. The minimum Gasteiger partial charge on any atom is -0.497 e. The first-order valence-corrected chi connectivity index (χ1v) is 10.2. The third kappa shape index (κ3) is 3.89. The SMILES string of the molecule is COc1ccc(-n2c(C)ccc2/C=C2\C(=O)NC(=O)N(c3ccc(Br)cc3)C2=O)cc1. The van der Waals surface area contributed by atoms with Gasteiger partial charge in [-0.25, -0.2) is 9.69 Å². The second-order valence-corrected chi connectivity index (χ2v) is 7.78. The number of carbonyl (C=O) groups excluding carboxylic acids is 3. The predicted octanol–water partition coefficient (Wildman–Crippen LogP) is 4.22. The van der Waals surface area contributed by atoms with Crippen LogP contribution in [0, 0.1) is 6.92 Å². The van der Waals surface area contributed by atoms with Crippen molar-refractivity contribution >= 4 is 45.5 Å². The van der Waals surface area contributed by atoms with Gasteiger partial charge in [0.25, 0.3) is 11.8 Å². The number of ether oxygens (including phenoxy) is 1. The van der Waals surface area contributed by atoms with Crippen LogP contribution < -0.4 is 15.0 Å². The Morgan fingerprint density at radius 2 is 1.55 bits per heavy atom. The van der Waals surface area contributed by atoms with E-state index in [2.05, 4.69) is 21.2 Å². The lowest BCUT2D eigenvalue weighted by molar-refractivity contribution is -0.122. The van der Waals surface area contributed by atoms with Crippen LogP contribution in [0.3, 0.4) is 0 Å². The first kappa shape index (κ1) is 20.6. The van der Waals surface area contributed by atoms with Crippen LogP contribution in [-0.2, 0) is 9.59 Å². The van der Waals surface area contributed by atoms with Gasteiger partial charge in [-0.3, -0.25) is 14.9 Å². The summed E-state index contributed by atoms with van der Waals surface area (Å²) in [4.78, 5) is 38.9. The van der Waals surface area contributed by atoms with Crippen LogP contribution >= 0.6 is 15.9 Å². The van der Waals surface area contributed by atoms with Crippen molar-refractivity contribution in [3.8, 4) is 11.4 Å². The number of urea groups is 1. The maximum atomic E-state index is 13.1. The third-order valence-electron chi connectivity index (χ3n) is 4.92. The molecule has 2 aromatic carbocycles. The molecule has 0 saturated carbocycles. The lowest BCUT2D eigenvalue weighted by Gasteiger charge is -2.26. The Hall–Kier alpha value is -3.65. The number of imide groups is 2. The molecule has 31 heavy (non-hydrogen) atoms. The Morgan fingerprint density at radius 1 is 0.903 bits per heavy atom. The van der Waals surface area contributed by atoms with E-state index in [1.807, 2.05) is 47.9 Å². The monoisotopic (exact) mass is 479 g/mol. The summed E-state index contributed by atoms with van der Waals surface area (Å²) in [5, 5.41) is 2.25. The van der Waals surface area contributed by atoms with Crippen molar-refractivity contribution in [3.63, 3.8) is 0 Å². The van der Waals surface area contributed by atoms with Crippen LogP contribution in [0.5, 0.6) is 5.75 Å². The van der Waals surface area contributed by atoms with Crippen molar-refractivity contribution in [1.29, 1.82) is 0 Å². The second-order valence-electron chi connectivity index (χ2n) is 6.87. The van der Waals surface area contributed by atoms with Gasteiger partial charge in [-0.15, -0.1) is 0 Å². The zero-order valence-electron chi connectivity index (χ0n) is 16.8. The summed E-state index contributed by atoms with van der Waals surface area (Å²) < 4.78 is 7.93. The van der Waals surface area contributed by atoms with Gasteiger partial charge in [-0.1, -0.05) is 15.9 Å². The second kappa shape index (κ2) is 8.23. The Bertz CT molecular complexity index is 1210. The minimum atomic E-state index is -0.781. The molecule has 8 heteroatoms. The van der Waals surface area contributed by atoms with Crippen molar-refractivity contribution in [2.75, 3.05) is 12.0 Å². The van der Waals surface area contributed by atoms with Crippen molar-refractivity contribution < 1.29 is 19.1 Å². The fourth-order valence-corrected chi connectivity index (χ4v) is 3.65. The molecular formula is C23H18BrN3O4. The van der Waals surface area contributed by atoms with E-state index >= 15 is 0 Å². The molecule has 1 aliphatic rings. The standard InChI is InChI=1S/C23H18BrN3O4/c1-14-3-6-18(26(14)16-9-11-19(31-2)12-10-16)13-20-21(28)25-23(30)27(22(20)29)17-7-4-15(24)5-8-17/h3-13H,1-2H3,(H,25,28,30)/b20-13+. The number of halogens is 1. The summed E-state index contributed by atoms with van der Waals surface area (Å²) in [5.41, 5.74) is 2.63. The Balaban J connectivity index is 1.75. The van der Waals surface area contributed by atoms with Crippen molar-refractivity contribution in [2.45, 2.75) is 6.92 Å². The maximum absolute atomic E-state index is 13.1.